The second kappa shape index (κ2) is 18.8. The van der Waals surface area contributed by atoms with Gasteiger partial charge in [-0.3, -0.25) is 19.2 Å². The first-order valence-corrected chi connectivity index (χ1v) is 18.2. The van der Waals surface area contributed by atoms with Gasteiger partial charge in [-0.25, -0.2) is 9.78 Å². The number of ether oxygens (including phenoxy) is 1. The van der Waals surface area contributed by atoms with Crippen molar-refractivity contribution in [3.05, 3.63) is 152 Å². The zero-order valence-electron chi connectivity index (χ0n) is 31.4. The van der Waals surface area contributed by atoms with Gasteiger partial charge < -0.3 is 34.8 Å². The largest absolute Gasteiger partial charge is 0.493 e. The molecule has 3 aromatic carbocycles. The van der Waals surface area contributed by atoms with Crippen molar-refractivity contribution in [2.75, 3.05) is 26.2 Å². The van der Waals surface area contributed by atoms with Crippen molar-refractivity contribution in [3.63, 3.8) is 0 Å². The number of nitrogens with zero attached hydrogens (tertiary/aromatic N) is 4. The van der Waals surface area contributed by atoms with Crippen LogP contribution in [0.15, 0.2) is 134 Å². The lowest BCUT2D eigenvalue weighted by atomic mass is 10.1. The Morgan fingerprint density at radius 3 is 2.48 bits per heavy atom. The van der Waals surface area contributed by atoms with Crippen molar-refractivity contribution < 1.29 is 32.7 Å². The van der Waals surface area contributed by atoms with E-state index in [1.54, 1.807) is 79.8 Å². The number of carbonyl (C=O) groups excluding carboxylic acids is 4. The second-order valence-corrected chi connectivity index (χ2v) is 13.1. The van der Waals surface area contributed by atoms with Crippen LogP contribution in [-0.4, -0.2) is 66.9 Å². The molecular formula is C42H38N8O8. The predicted molar refractivity (Wildman–Crippen MR) is 216 cm³/mol. The third kappa shape index (κ3) is 10.3. The Hall–Kier alpha value is -7.71. The van der Waals surface area contributed by atoms with Gasteiger partial charge in [0, 0.05) is 46.6 Å². The summed E-state index contributed by atoms with van der Waals surface area (Å²) in [5, 5.41) is 15.0. The van der Waals surface area contributed by atoms with Crippen LogP contribution in [0.25, 0.3) is 44.0 Å². The highest BCUT2D eigenvalue weighted by molar-refractivity contribution is 6.01. The molecule has 0 spiro atoms. The molecule has 5 aromatic rings. The molecule has 0 bridgehead atoms. The fourth-order valence-corrected chi connectivity index (χ4v) is 5.67. The average Bonchev–Trinajstić information content (AvgIpc) is 3.63. The van der Waals surface area contributed by atoms with E-state index in [1.807, 2.05) is 19.1 Å². The van der Waals surface area contributed by atoms with E-state index in [0.717, 1.165) is 5.56 Å². The van der Waals surface area contributed by atoms with Crippen LogP contribution in [0.5, 0.6) is 5.75 Å². The molecule has 2 heterocycles. The number of aromatic nitrogens is 1. The Balaban J connectivity index is 1.12. The highest BCUT2D eigenvalue weighted by Gasteiger charge is 2.24. The maximum absolute atomic E-state index is 13.6. The number of rotatable bonds is 15. The Kier molecular flexibility index (Phi) is 12.9. The van der Waals surface area contributed by atoms with Crippen LogP contribution >= 0.6 is 0 Å². The maximum Gasteiger partial charge on any atom is 0.349 e. The number of hydrogen-bond acceptors (Lipinski definition) is 10. The van der Waals surface area contributed by atoms with Crippen LogP contribution in [0.1, 0.15) is 33.2 Å². The molecule has 16 heteroatoms. The minimum Gasteiger partial charge on any atom is -0.493 e. The average molecular weight is 783 g/mol. The zero-order valence-corrected chi connectivity index (χ0v) is 31.4. The van der Waals surface area contributed by atoms with Crippen molar-refractivity contribution in [3.8, 4) is 17.2 Å². The van der Waals surface area contributed by atoms with E-state index in [0.29, 0.717) is 33.4 Å². The van der Waals surface area contributed by atoms with Gasteiger partial charge in [-0.15, -0.1) is 0 Å². The number of azide groups is 1. The Labute approximate surface area is 331 Å². The first kappa shape index (κ1) is 40.0. The normalized spacial score (nSPS) is 14.1. The smallest absolute Gasteiger partial charge is 0.349 e. The monoisotopic (exact) mass is 782 g/mol. The molecule has 2 atom stereocenters. The lowest BCUT2D eigenvalue weighted by molar-refractivity contribution is -0.123. The van der Waals surface area contributed by atoms with Gasteiger partial charge >= 0.3 is 5.63 Å². The van der Waals surface area contributed by atoms with E-state index < -0.39 is 41.3 Å². The van der Waals surface area contributed by atoms with E-state index in [9.17, 15) is 24.0 Å². The fourth-order valence-electron chi connectivity index (χ4n) is 5.67. The second-order valence-electron chi connectivity index (χ2n) is 13.1. The van der Waals surface area contributed by atoms with Gasteiger partial charge in [0.1, 0.15) is 28.5 Å². The molecule has 2 aromatic heterocycles. The van der Waals surface area contributed by atoms with Crippen LogP contribution < -0.4 is 31.6 Å². The highest BCUT2D eigenvalue weighted by atomic mass is 16.5. The quantitative estimate of drug-likeness (QED) is 0.0352. The zero-order chi connectivity index (χ0) is 41.0. The van der Waals surface area contributed by atoms with Gasteiger partial charge in [-0.2, -0.15) is 0 Å². The van der Waals surface area contributed by atoms with E-state index in [4.69, 9.17) is 19.1 Å². The Morgan fingerprint density at radius 1 is 0.845 bits per heavy atom. The molecule has 0 radical (unpaired) electrons. The summed E-state index contributed by atoms with van der Waals surface area (Å²) in [6.07, 6.45) is 12.0. The molecule has 2 unspecified atom stereocenters. The molecule has 6 rings (SSSR count). The summed E-state index contributed by atoms with van der Waals surface area (Å²) in [7, 11) is 0. The van der Waals surface area contributed by atoms with Crippen LogP contribution in [-0.2, 0) is 9.59 Å². The molecular weight excluding hydrogens is 745 g/mol. The molecule has 4 N–H and O–H groups in total. The fraction of sp³-hybridized carbons (Fsp3) is 0.190. The van der Waals surface area contributed by atoms with Gasteiger partial charge in [-0.1, -0.05) is 60.6 Å². The molecule has 294 valence electrons. The lowest BCUT2D eigenvalue weighted by Crippen LogP contribution is -2.53. The van der Waals surface area contributed by atoms with Crippen LogP contribution in [0.2, 0.25) is 0 Å². The molecule has 4 amide bonds. The summed E-state index contributed by atoms with van der Waals surface area (Å²) < 4.78 is 17.0. The lowest BCUT2D eigenvalue weighted by Gasteiger charge is -2.19. The minimum absolute atomic E-state index is 0.00811. The van der Waals surface area contributed by atoms with E-state index in [-0.39, 0.29) is 48.8 Å². The molecule has 0 fully saturated rings. The first-order chi connectivity index (χ1) is 28.1. The number of amides is 4. The van der Waals surface area contributed by atoms with Gasteiger partial charge in [-0.05, 0) is 78.7 Å². The molecule has 1 aliphatic carbocycles. The van der Waals surface area contributed by atoms with E-state index >= 15 is 0 Å². The van der Waals surface area contributed by atoms with Crippen molar-refractivity contribution in [1.29, 1.82) is 0 Å². The minimum atomic E-state index is -1.24. The molecule has 58 heavy (non-hydrogen) atoms. The number of fused-ring (bicyclic) bond motifs is 2. The first-order valence-electron chi connectivity index (χ1n) is 18.2. The number of hydrogen-bond donors (Lipinski definition) is 4. The number of aryl methyl sites for hydroxylation is 1. The van der Waals surface area contributed by atoms with Crippen LogP contribution in [0, 0.1) is 6.92 Å². The van der Waals surface area contributed by atoms with E-state index in [1.165, 1.54) is 24.3 Å². The SMILES string of the molecule is Cc1ccc2cc(-c3nc4cc(C(=O)NC(CNC(=O)C5=C/C=C\C=C/C=C5)C(=O)NCCNC(=O)c5cccc(OCC(C)N=[N+]=[N-])c5)ccc4o3)c(=O)oc2c1. The summed E-state index contributed by atoms with van der Waals surface area (Å²) in [5.41, 5.74) is 10.8. The summed E-state index contributed by atoms with van der Waals surface area (Å²) in [4.78, 5) is 73.0. The number of carbonyl (C=O) groups is 4. The summed E-state index contributed by atoms with van der Waals surface area (Å²) in [6, 6.07) is 16.4. The molecule has 0 aliphatic heterocycles. The standard InChI is InChI=1S/C42H38N8O8/c1-25-13-14-28-21-32(42(55)58-36(28)19-25)41-48-33-22-30(15-16-35(33)57-41)39(53)47-34(23-46-37(51)27-9-6-4-3-5-7-10-27)40(54)45-18-17-44-38(52)29-11-8-12-31(20-29)56-24-26(2)49-50-43/h3-16,19-22,26,34H,17-18,23-24H2,1-2H3,(H,44,52)(H,45,54)(H,46,51)(H,47,53)/b4-3-,5-3?,6-4?,7-5-,9-6?,10-7?,27-9?,27-10?. The number of allylic oxidation sites excluding steroid dienone is 6. The third-order valence-corrected chi connectivity index (χ3v) is 8.66. The van der Waals surface area contributed by atoms with Crippen molar-refractivity contribution in [1.82, 2.24) is 26.3 Å². The topological polar surface area (TPSA) is 231 Å². The van der Waals surface area contributed by atoms with Crippen LogP contribution in [0.3, 0.4) is 0 Å². The summed E-state index contributed by atoms with van der Waals surface area (Å²) >= 11 is 0. The predicted octanol–water partition coefficient (Wildman–Crippen LogP) is 5.36. The van der Waals surface area contributed by atoms with Gasteiger partial charge in [0.25, 0.3) is 17.7 Å². The van der Waals surface area contributed by atoms with Crippen molar-refractivity contribution in [2.24, 2.45) is 5.11 Å². The number of oxazole rings is 1. The Morgan fingerprint density at radius 2 is 1.64 bits per heavy atom. The Bertz CT molecular complexity index is 2610. The van der Waals surface area contributed by atoms with Gasteiger partial charge in [0.15, 0.2) is 5.58 Å². The summed E-state index contributed by atoms with van der Waals surface area (Å²) in [5.74, 6) is -1.75. The molecule has 16 nitrogen and oxygen atoms in total. The number of nitrogens with one attached hydrogen (secondary N) is 4. The third-order valence-electron chi connectivity index (χ3n) is 8.66. The molecule has 1 aliphatic rings. The van der Waals surface area contributed by atoms with Gasteiger partial charge in [0.05, 0.1) is 12.6 Å². The molecule has 0 saturated heterocycles. The number of benzene rings is 3. The van der Waals surface area contributed by atoms with E-state index in [2.05, 4.69) is 36.3 Å². The summed E-state index contributed by atoms with van der Waals surface area (Å²) in [6.45, 7) is 3.47. The maximum atomic E-state index is 13.6. The van der Waals surface area contributed by atoms with Crippen molar-refractivity contribution >= 4 is 45.7 Å². The van der Waals surface area contributed by atoms with Crippen LogP contribution in [0.4, 0.5) is 0 Å². The van der Waals surface area contributed by atoms with Gasteiger partial charge in [0.2, 0.25) is 11.8 Å². The van der Waals surface area contributed by atoms with Crippen molar-refractivity contribution in [2.45, 2.75) is 25.9 Å². The molecule has 0 saturated carbocycles. The highest BCUT2D eigenvalue weighted by Crippen LogP contribution is 2.26.